The van der Waals surface area contributed by atoms with E-state index in [9.17, 15) is 0 Å². The molecule has 0 spiro atoms. The predicted molar refractivity (Wildman–Crippen MR) is 77.3 cm³/mol. The van der Waals surface area contributed by atoms with E-state index < -0.39 is 0 Å². The van der Waals surface area contributed by atoms with Crippen molar-refractivity contribution in [3.63, 3.8) is 0 Å². The molecule has 0 aliphatic rings. The molecule has 2 rings (SSSR count). The molecule has 0 atom stereocenters. The highest BCUT2D eigenvalue weighted by Crippen LogP contribution is 2.28. The number of benzene rings is 1. The molecular weight excluding hydrogens is 272 g/mol. The molecule has 2 aromatic rings. The van der Waals surface area contributed by atoms with E-state index in [1.807, 2.05) is 31.3 Å². The largest absolute Gasteiger partial charge is 0.493 e. The van der Waals surface area contributed by atoms with Gasteiger partial charge in [0.05, 0.1) is 7.11 Å². The van der Waals surface area contributed by atoms with E-state index in [2.05, 4.69) is 10.5 Å². The van der Waals surface area contributed by atoms with Gasteiger partial charge < -0.3 is 24.1 Å². The Morgan fingerprint density at radius 3 is 2.71 bits per heavy atom. The van der Waals surface area contributed by atoms with Crippen molar-refractivity contribution in [2.24, 2.45) is 0 Å². The SMILES string of the molecule is CNCc1ccc(OC)c(OCc2cc(COC)on2)c1. The third-order valence-electron chi connectivity index (χ3n) is 2.88. The Hall–Kier alpha value is -2.05. The molecule has 1 heterocycles. The first-order valence-corrected chi connectivity index (χ1v) is 6.64. The number of hydrogen-bond donors (Lipinski definition) is 1. The van der Waals surface area contributed by atoms with Gasteiger partial charge in [0.1, 0.15) is 18.9 Å². The third kappa shape index (κ3) is 4.21. The molecule has 0 fully saturated rings. The summed E-state index contributed by atoms with van der Waals surface area (Å²) in [5, 5.41) is 7.03. The average molecular weight is 292 g/mol. The number of nitrogens with one attached hydrogen (secondary N) is 1. The van der Waals surface area contributed by atoms with Gasteiger partial charge in [-0.3, -0.25) is 0 Å². The predicted octanol–water partition coefficient (Wildman–Crippen LogP) is 2.13. The molecule has 6 heteroatoms. The van der Waals surface area contributed by atoms with Crippen LogP contribution in [0.1, 0.15) is 17.0 Å². The number of hydrogen-bond acceptors (Lipinski definition) is 6. The van der Waals surface area contributed by atoms with Gasteiger partial charge in [-0.2, -0.15) is 0 Å². The second kappa shape index (κ2) is 7.66. The first-order chi connectivity index (χ1) is 10.3. The summed E-state index contributed by atoms with van der Waals surface area (Å²) in [5.74, 6) is 2.05. The van der Waals surface area contributed by atoms with Crippen molar-refractivity contribution < 1.29 is 18.7 Å². The molecule has 0 aliphatic heterocycles. The number of nitrogens with zero attached hydrogens (tertiary/aromatic N) is 1. The number of ether oxygens (including phenoxy) is 3. The molecule has 0 aliphatic carbocycles. The highest BCUT2D eigenvalue weighted by molar-refractivity contribution is 5.43. The summed E-state index contributed by atoms with van der Waals surface area (Å²) in [7, 11) is 5.13. The minimum atomic E-state index is 0.312. The first-order valence-electron chi connectivity index (χ1n) is 6.64. The molecule has 0 bridgehead atoms. The fourth-order valence-electron chi connectivity index (χ4n) is 1.93. The first kappa shape index (κ1) is 15.3. The van der Waals surface area contributed by atoms with E-state index in [-0.39, 0.29) is 0 Å². The zero-order valence-electron chi connectivity index (χ0n) is 12.5. The summed E-state index contributed by atoms with van der Waals surface area (Å²) in [4.78, 5) is 0. The van der Waals surface area contributed by atoms with Crippen LogP contribution in [0.25, 0.3) is 0 Å². The maximum absolute atomic E-state index is 5.78. The van der Waals surface area contributed by atoms with Gasteiger partial charge in [0, 0.05) is 19.7 Å². The van der Waals surface area contributed by atoms with Gasteiger partial charge in [-0.1, -0.05) is 11.2 Å². The van der Waals surface area contributed by atoms with Crippen molar-refractivity contribution >= 4 is 0 Å². The van der Waals surface area contributed by atoms with Crippen LogP contribution in [-0.2, 0) is 24.5 Å². The number of methoxy groups -OCH3 is 2. The van der Waals surface area contributed by atoms with Crippen molar-refractivity contribution in [3.8, 4) is 11.5 Å². The lowest BCUT2D eigenvalue weighted by Crippen LogP contribution is -2.06. The van der Waals surface area contributed by atoms with Crippen LogP contribution in [0.3, 0.4) is 0 Å². The van der Waals surface area contributed by atoms with E-state index in [1.54, 1.807) is 14.2 Å². The molecule has 1 aromatic heterocycles. The van der Waals surface area contributed by atoms with E-state index in [4.69, 9.17) is 18.7 Å². The molecule has 6 nitrogen and oxygen atoms in total. The highest BCUT2D eigenvalue weighted by atomic mass is 16.5. The Balaban J connectivity index is 2.04. The van der Waals surface area contributed by atoms with E-state index in [0.717, 1.165) is 12.1 Å². The van der Waals surface area contributed by atoms with Crippen LogP contribution in [-0.4, -0.2) is 26.4 Å². The molecule has 0 saturated carbocycles. The second-order valence-electron chi connectivity index (χ2n) is 4.52. The van der Waals surface area contributed by atoms with Gasteiger partial charge in [-0.25, -0.2) is 0 Å². The minimum absolute atomic E-state index is 0.312. The highest BCUT2D eigenvalue weighted by Gasteiger charge is 2.09. The average Bonchev–Trinajstić information content (AvgIpc) is 2.94. The lowest BCUT2D eigenvalue weighted by Gasteiger charge is -2.11. The van der Waals surface area contributed by atoms with Crippen LogP contribution in [0.2, 0.25) is 0 Å². The van der Waals surface area contributed by atoms with Crippen molar-refractivity contribution in [2.45, 2.75) is 19.8 Å². The molecule has 1 aromatic carbocycles. The summed E-state index contributed by atoms with van der Waals surface area (Å²) < 4.78 is 21.2. The van der Waals surface area contributed by atoms with Gasteiger partial charge >= 0.3 is 0 Å². The Kier molecular flexibility index (Phi) is 5.59. The third-order valence-corrected chi connectivity index (χ3v) is 2.88. The lowest BCUT2D eigenvalue weighted by atomic mass is 10.2. The zero-order valence-corrected chi connectivity index (χ0v) is 12.5. The molecule has 1 N–H and O–H groups in total. The Bertz CT molecular complexity index is 569. The fraction of sp³-hybridized carbons (Fsp3) is 0.400. The lowest BCUT2D eigenvalue weighted by molar-refractivity contribution is 0.155. The van der Waals surface area contributed by atoms with Crippen LogP contribution in [0, 0.1) is 0 Å². The van der Waals surface area contributed by atoms with E-state index in [0.29, 0.717) is 36.2 Å². The van der Waals surface area contributed by atoms with Gasteiger partial charge in [0.2, 0.25) is 0 Å². The number of aromatic nitrogens is 1. The maximum Gasteiger partial charge on any atom is 0.162 e. The summed E-state index contributed by atoms with van der Waals surface area (Å²) >= 11 is 0. The topological polar surface area (TPSA) is 65.8 Å². The molecule has 21 heavy (non-hydrogen) atoms. The quantitative estimate of drug-likeness (QED) is 0.804. The van der Waals surface area contributed by atoms with Crippen LogP contribution in [0.4, 0.5) is 0 Å². The Labute approximate surface area is 124 Å². The standard InChI is InChI=1S/C15H20N2O4/c1-16-8-11-4-5-14(19-3)15(6-11)20-9-12-7-13(10-18-2)21-17-12/h4-7,16H,8-10H2,1-3H3. The maximum atomic E-state index is 5.78. The fourth-order valence-corrected chi connectivity index (χ4v) is 1.93. The smallest absolute Gasteiger partial charge is 0.162 e. The Morgan fingerprint density at radius 1 is 1.14 bits per heavy atom. The number of rotatable bonds is 8. The van der Waals surface area contributed by atoms with Crippen LogP contribution < -0.4 is 14.8 Å². The van der Waals surface area contributed by atoms with Gasteiger partial charge in [-0.15, -0.1) is 0 Å². The van der Waals surface area contributed by atoms with E-state index >= 15 is 0 Å². The molecule has 114 valence electrons. The second-order valence-corrected chi connectivity index (χ2v) is 4.52. The van der Waals surface area contributed by atoms with Crippen LogP contribution in [0.5, 0.6) is 11.5 Å². The van der Waals surface area contributed by atoms with Crippen LogP contribution in [0.15, 0.2) is 28.8 Å². The van der Waals surface area contributed by atoms with Crippen molar-refractivity contribution in [2.75, 3.05) is 21.3 Å². The molecule has 0 saturated heterocycles. The molecular formula is C15H20N2O4. The van der Waals surface area contributed by atoms with Crippen molar-refractivity contribution in [1.82, 2.24) is 10.5 Å². The Morgan fingerprint density at radius 2 is 2.00 bits per heavy atom. The normalized spacial score (nSPS) is 10.6. The molecule has 0 radical (unpaired) electrons. The summed E-state index contributed by atoms with van der Waals surface area (Å²) in [5.41, 5.74) is 1.83. The van der Waals surface area contributed by atoms with Crippen molar-refractivity contribution in [3.05, 3.63) is 41.3 Å². The van der Waals surface area contributed by atoms with Gasteiger partial charge in [-0.05, 0) is 24.7 Å². The van der Waals surface area contributed by atoms with Gasteiger partial charge in [0.25, 0.3) is 0 Å². The molecule has 0 amide bonds. The molecule has 0 unspecified atom stereocenters. The summed E-state index contributed by atoms with van der Waals surface area (Å²) in [6.45, 7) is 1.48. The summed E-state index contributed by atoms with van der Waals surface area (Å²) in [6.07, 6.45) is 0. The van der Waals surface area contributed by atoms with Crippen LogP contribution >= 0.6 is 0 Å². The minimum Gasteiger partial charge on any atom is -0.493 e. The summed E-state index contributed by atoms with van der Waals surface area (Å²) in [6, 6.07) is 7.65. The monoisotopic (exact) mass is 292 g/mol. The van der Waals surface area contributed by atoms with E-state index in [1.165, 1.54) is 0 Å². The van der Waals surface area contributed by atoms with Crippen molar-refractivity contribution in [1.29, 1.82) is 0 Å². The zero-order chi connectivity index (χ0) is 15.1. The van der Waals surface area contributed by atoms with Gasteiger partial charge in [0.15, 0.2) is 17.3 Å².